The predicted octanol–water partition coefficient (Wildman–Crippen LogP) is 4.45. The number of aryl methyl sites for hydroxylation is 1. The lowest BCUT2D eigenvalue weighted by Gasteiger charge is -2.19. The van der Waals surface area contributed by atoms with Gasteiger partial charge in [-0.15, -0.1) is 0 Å². The van der Waals surface area contributed by atoms with E-state index in [2.05, 4.69) is 14.9 Å². The Balaban J connectivity index is 1.53. The third kappa shape index (κ3) is 6.95. The molecule has 0 atom stereocenters. The van der Waals surface area contributed by atoms with E-state index in [9.17, 15) is 13.2 Å². The number of carbonyl (C=O) groups excluding carboxylic acids is 1. The summed E-state index contributed by atoms with van der Waals surface area (Å²) in [5, 5.41) is 3.09. The fraction of sp³-hybridized carbons (Fsp3) is 0.435. The van der Waals surface area contributed by atoms with Gasteiger partial charge in [-0.1, -0.05) is 42.1 Å². The van der Waals surface area contributed by atoms with Gasteiger partial charge in [0.25, 0.3) is 15.9 Å². The Labute approximate surface area is 190 Å². The molecule has 0 saturated carbocycles. The third-order valence-corrected chi connectivity index (χ3v) is 7.14. The minimum atomic E-state index is -3.76. The molecule has 2 N–H and O–H groups in total. The van der Waals surface area contributed by atoms with Crippen molar-refractivity contribution < 1.29 is 13.2 Å². The molecule has 3 rings (SSSR count). The number of benzene rings is 2. The van der Waals surface area contributed by atoms with E-state index in [4.69, 9.17) is 11.6 Å². The van der Waals surface area contributed by atoms with Gasteiger partial charge >= 0.3 is 0 Å². The van der Waals surface area contributed by atoms with Crippen LogP contribution < -0.4 is 10.0 Å². The van der Waals surface area contributed by atoms with Crippen molar-refractivity contribution in [3.63, 3.8) is 0 Å². The molecule has 0 spiro atoms. The standard InChI is InChI=1S/C23H30ClN3O3S/c1-18-7-10-20(11-8-18)31(29,30)26-22-12-9-19(17-21(22)24)23(28)25-13-6-16-27-14-4-2-3-5-15-27/h7-12,17,26H,2-6,13-16H2,1H3,(H,25,28). The number of nitrogens with one attached hydrogen (secondary N) is 2. The number of nitrogens with zero attached hydrogens (tertiary/aromatic N) is 1. The van der Waals surface area contributed by atoms with Crippen LogP contribution in [0.15, 0.2) is 47.4 Å². The highest BCUT2D eigenvalue weighted by Crippen LogP contribution is 2.26. The first-order chi connectivity index (χ1) is 14.8. The molecule has 1 aliphatic heterocycles. The summed E-state index contributed by atoms with van der Waals surface area (Å²) in [7, 11) is -3.76. The number of anilines is 1. The highest BCUT2D eigenvalue weighted by molar-refractivity contribution is 7.92. The minimum Gasteiger partial charge on any atom is -0.352 e. The van der Waals surface area contributed by atoms with Crippen LogP contribution in [0.3, 0.4) is 0 Å². The quantitative estimate of drug-likeness (QED) is 0.567. The number of hydrogen-bond donors (Lipinski definition) is 2. The number of hydrogen-bond acceptors (Lipinski definition) is 4. The van der Waals surface area contributed by atoms with Crippen LogP contribution in [0.2, 0.25) is 5.02 Å². The smallest absolute Gasteiger partial charge is 0.261 e. The summed E-state index contributed by atoms with van der Waals surface area (Å²) >= 11 is 6.26. The number of halogens is 1. The second-order valence-corrected chi connectivity index (χ2v) is 10.1. The summed E-state index contributed by atoms with van der Waals surface area (Å²) in [5.41, 5.74) is 1.61. The molecule has 0 unspecified atom stereocenters. The Bertz CT molecular complexity index is 986. The van der Waals surface area contributed by atoms with Crippen molar-refractivity contribution >= 4 is 33.2 Å². The van der Waals surface area contributed by atoms with Crippen molar-refractivity contribution in [3.8, 4) is 0 Å². The van der Waals surface area contributed by atoms with Gasteiger partial charge in [0.2, 0.25) is 0 Å². The molecule has 0 aliphatic carbocycles. The van der Waals surface area contributed by atoms with Gasteiger partial charge in [0.05, 0.1) is 15.6 Å². The number of sulfonamides is 1. The van der Waals surface area contributed by atoms with Crippen molar-refractivity contribution in [2.45, 2.75) is 43.9 Å². The molecule has 6 nitrogen and oxygen atoms in total. The van der Waals surface area contributed by atoms with Crippen molar-refractivity contribution in [2.24, 2.45) is 0 Å². The second kappa shape index (κ2) is 11.0. The van der Waals surface area contributed by atoms with Crippen molar-refractivity contribution in [3.05, 3.63) is 58.6 Å². The van der Waals surface area contributed by atoms with Crippen LogP contribution in [0.4, 0.5) is 5.69 Å². The van der Waals surface area contributed by atoms with Crippen molar-refractivity contribution in [1.29, 1.82) is 0 Å². The molecular formula is C23H30ClN3O3S. The van der Waals surface area contributed by atoms with Gasteiger partial charge < -0.3 is 10.2 Å². The molecular weight excluding hydrogens is 434 g/mol. The molecule has 0 aromatic heterocycles. The van der Waals surface area contributed by atoms with Gasteiger partial charge in [0.1, 0.15) is 0 Å². The largest absolute Gasteiger partial charge is 0.352 e. The van der Waals surface area contributed by atoms with Crippen LogP contribution in [-0.4, -0.2) is 45.4 Å². The average Bonchev–Trinajstić information content (AvgIpc) is 3.01. The topological polar surface area (TPSA) is 78.5 Å². The predicted molar refractivity (Wildman–Crippen MR) is 125 cm³/mol. The van der Waals surface area contributed by atoms with Gasteiger partial charge in [0.15, 0.2) is 0 Å². The normalized spacial score (nSPS) is 15.3. The second-order valence-electron chi connectivity index (χ2n) is 7.98. The number of amides is 1. The first-order valence-electron chi connectivity index (χ1n) is 10.7. The maximum Gasteiger partial charge on any atom is 0.261 e. The monoisotopic (exact) mass is 463 g/mol. The Morgan fingerprint density at radius 3 is 2.35 bits per heavy atom. The Hall–Kier alpha value is -2.09. The lowest BCUT2D eigenvalue weighted by Crippen LogP contribution is -2.30. The zero-order chi connectivity index (χ0) is 22.3. The van der Waals surface area contributed by atoms with E-state index < -0.39 is 10.0 Å². The minimum absolute atomic E-state index is 0.153. The summed E-state index contributed by atoms with van der Waals surface area (Å²) in [6.07, 6.45) is 6.03. The average molecular weight is 464 g/mol. The zero-order valence-corrected chi connectivity index (χ0v) is 19.4. The molecule has 168 valence electrons. The molecule has 1 heterocycles. The van der Waals surface area contributed by atoms with E-state index in [1.165, 1.54) is 37.8 Å². The number of rotatable bonds is 8. The molecule has 1 fully saturated rings. The lowest BCUT2D eigenvalue weighted by atomic mass is 10.2. The van der Waals surface area contributed by atoms with E-state index in [-0.39, 0.29) is 21.5 Å². The van der Waals surface area contributed by atoms with Crippen molar-refractivity contribution in [2.75, 3.05) is 30.9 Å². The molecule has 1 amide bonds. The molecule has 2 aromatic rings. The first-order valence-corrected chi connectivity index (χ1v) is 12.6. The summed E-state index contributed by atoms with van der Waals surface area (Å²) in [4.78, 5) is 15.0. The summed E-state index contributed by atoms with van der Waals surface area (Å²) < 4.78 is 27.6. The van der Waals surface area contributed by atoms with E-state index in [1.54, 1.807) is 30.3 Å². The summed E-state index contributed by atoms with van der Waals surface area (Å²) in [6, 6.07) is 11.1. The molecule has 8 heteroatoms. The maximum absolute atomic E-state index is 12.6. The van der Waals surface area contributed by atoms with Crippen molar-refractivity contribution in [1.82, 2.24) is 10.2 Å². The van der Waals surface area contributed by atoms with E-state index in [1.807, 2.05) is 6.92 Å². The molecule has 1 saturated heterocycles. The fourth-order valence-corrected chi connectivity index (χ4v) is 4.99. The van der Waals surface area contributed by atoms with Crippen LogP contribution in [0.5, 0.6) is 0 Å². The van der Waals surface area contributed by atoms with Gasteiger partial charge in [-0.25, -0.2) is 8.42 Å². The van der Waals surface area contributed by atoms with Gasteiger partial charge in [-0.2, -0.15) is 0 Å². The Morgan fingerprint density at radius 2 is 1.71 bits per heavy atom. The van der Waals surface area contributed by atoms with Gasteiger partial charge in [-0.3, -0.25) is 9.52 Å². The van der Waals surface area contributed by atoms with Crippen LogP contribution in [0.1, 0.15) is 48.0 Å². The van der Waals surface area contributed by atoms with Gasteiger partial charge in [-0.05, 0) is 76.2 Å². The SMILES string of the molecule is Cc1ccc(S(=O)(=O)Nc2ccc(C(=O)NCCCN3CCCCCC3)cc2Cl)cc1. The molecule has 0 bridgehead atoms. The molecule has 1 aliphatic rings. The highest BCUT2D eigenvalue weighted by Gasteiger charge is 2.17. The number of likely N-dealkylation sites (tertiary alicyclic amines) is 1. The third-order valence-electron chi connectivity index (χ3n) is 5.44. The van der Waals surface area contributed by atoms with Crippen LogP contribution in [0, 0.1) is 6.92 Å². The first kappa shape index (κ1) is 23.6. The van der Waals surface area contributed by atoms with Crippen LogP contribution in [0.25, 0.3) is 0 Å². The Kier molecular flexibility index (Phi) is 8.35. The number of carbonyl (C=O) groups is 1. The summed E-state index contributed by atoms with van der Waals surface area (Å²) in [6.45, 7) is 5.75. The Morgan fingerprint density at radius 1 is 1.03 bits per heavy atom. The molecule has 0 radical (unpaired) electrons. The molecule has 2 aromatic carbocycles. The molecule has 31 heavy (non-hydrogen) atoms. The summed E-state index contributed by atoms with van der Waals surface area (Å²) in [5.74, 6) is -0.217. The fourth-order valence-electron chi connectivity index (χ4n) is 3.63. The van der Waals surface area contributed by atoms with E-state index in [0.29, 0.717) is 12.1 Å². The van der Waals surface area contributed by atoms with Crippen LogP contribution >= 0.6 is 11.6 Å². The zero-order valence-electron chi connectivity index (χ0n) is 17.9. The highest BCUT2D eigenvalue weighted by atomic mass is 35.5. The van der Waals surface area contributed by atoms with E-state index >= 15 is 0 Å². The van der Waals surface area contributed by atoms with Gasteiger partial charge in [0, 0.05) is 12.1 Å². The van der Waals surface area contributed by atoms with E-state index in [0.717, 1.165) is 31.6 Å². The maximum atomic E-state index is 12.6. The lowest BCUT2D eigenvalue weighted by molar-refractivity contribution is 0.0951. The van der Waals surface area contributed by atoms with Crippen LogP contribution in [-0.2, 0) is 10.0 Å².